The van der Waals surface area contributed by atoms with Crippen LogP contribution in [0.5, 0.6) is 0 Å². The third kappa shape index (κ3) is 1.55. The lowest BCUT2D eigenvalue weighted by Gasteiger charge is -1.97. The summed E-state index contributed by atoms with van der Waals surface area (Å²) in [7, 11) is 0. The van der Waals surface area contributed by atoms with Gasteiger partial charge in [0.25, 0.3) is 0 Å². The molecule has 5 rings (SSSR count). The molecule has 0 amide bonds. The lowest BCUT2D eigenvalue weighted by atomic mass is 10.1. The Kier molecular flexibility index (Phi) is 2.68. The molecule has 0 bridgehead atoms. The van der Waals surface area contributed by atoms with Crippen LogP contribution in [0.3, 0.4) is 0 Å². The Morgan fingerprint density at radius 1 is 0.750 bits per heavy atom. The highest BCUT2D eigenvalue weighted by Crippen LogP contribution is 2.51. The predicted octanol–water partition coefficient (Wildman–Crippen LogP) is 8.07. The zero-order chi connectivity index (χ0) is 13.4. The van der Waals surface area contributed by atoms with Crippen LogP contribution >= 0.6 is 77.2 Å². The Bertz CT molecular complexity index is 1120. The van der Waals surface area contributed by atoms with Crippen LogP contribution in [-0.4, -0.2) is 0 Å². The molecule has 0 aliphatic heterocycles. The first-order chi connectivity index (χ1) is 9.72. The highest BCUT2D eigenvalue weighted by molar-refractivity contribution is 9.11. The first-order valence-corrected chi connectivity index (χ1v) is 10.7. The molecule has 0 aliphatic carbocycles. The Hall–Kier alpha value is 0.0200. The summed E-state index contributed by atoms with van der Waals surface area (Å²) in [6, 6.07) is 6.79. The molecule has 0 atom stereocenters. The van der Waals surface area contributed by atoms with Gasteiger partial charge >= 0.3 is 0 Å². The molecule has 0 unspecified atom stereocenters. The number of hydrogen-bond donors (Lipinski definition) is 0. The molecule has 0 spiro atoms. The summed E-state index contributed by atoms with van der Waals surface area (Å²) in [5, 5.41) is 6.43. The molecule has 0 saturated carbocycles. The molecule has 0 radical (unpaired) electrons. The SMILES string of the molecule is Brc1cc2c(s1)c1sc(Br)cc1c1c3sccc3sc21. The fraction of sp³-hybridized carbons (Fsp3) is 0. The summed E-state index contributed by atoms with van der Waals surface area (Å²) in [5.41, 5.74) is 0. The van der Waals surface area contributed by atoms with Crippen molar-refractivity contribution in [3.05, 3.63) is 31.2 Å². The minimum absolute atomic E-state index is 1.21. The number of fused-ring (bicyclic) bond motifs is 8. The van der Waals surface area contributed by atoms with Crippen LogP contribution in [0.25, 0.3) is 39.7 Å². The number of benzene rings is 1. The van der Waals surface area contributed by atoms with Gasteiger partial charge in [-0.05, 0) is 55.4 Å². The van der Waals surface area contributed by atoms with Crippen molar-refractivity contribution in [2.24, 2.45) is 0 Å². The van der Waals surface area contributed by atoms with Crippen molar-refractivity contribution in [3.63, 3.8) is 0 Å². The Morgan fingerprint density at radius 2 is 1.45 bits per heavy atom. The van der Waals surface area contributed by atoms with E-state index in [0.717, 1.165) is 0 Å². The summed E-state index contributed by atoms with van der Waals surface area (Å²) in [4.78, 5) is 0. The van der Waals surface area contributed by atoms with Gasteiger partial charge in [0.05, 0.1) is 21.7 Å². The fourth-order valence-corrected chi connectivity index (χ4v) is 8.52. The zero-order valence-electron chi connectivity index (χ0n) is 9.70. The van der Waals surface area contributed by atoms with E-state index in [9.17, 15) is 0 Å². The first-order valence-electron chi connectivity index (χ1n) is 5.82. The number of thiophene rings is 4. The van der Waals surface area contributed by atoms with Crippen LogP contribution in [0, 0.1) is 0 Å². The average molecular weight is 460 g/mol. The standard InChI is InChI=1S/C14H4Br2S4/c15-8-3-5-10-11(18-7-1-2-17-14(7)10)6-4-9(16)20-13(6)12(5)19-8/h1-4H. The average Bonchev–Trinajstić information content (AvgIpc) is 3.07. The van der Waals surface area contributed by atoms with Gasteiger partial charge in [0.1, 0.15) is 0 Å². The van der Waals surface area contributed by atoms with Crippen molar-refractivity contribution in [1.82, 2.24) is 0 Å². The normalized spacial score (nSPS) is 12.5. The van der Waals surface area contributed by atoms with Crippen molar-refractivity contribution in [2.45, 2.75) is 0 Å². The molecule has 5 aromatic rings. The molecule has 6 heteroatoms. The summed E-state index contributed by atoms with van der Waals surface area (Å²) < 4.78 is 9.51. The molecule has 20 heavy (non-hydrogen) atoms. The molecule has 4 heterocycles. The minimum Gasteiger partial charge on any atom is -0.142 e. The van der Waals surface area contributed by atoms with Crippen LogP contribution in [0.15, 0.2) is 31.2 Å². The maximum atomic E-state index is 3.66. The summed E-state index contributed by atoms with van der Waals surface area (Å²) >= 11 is 14.8. The molecule has 4 aromatic heterocycles. The van der Waals surface area contributed by atoms with Gasteiger partial charge in [-0.2, -0.15) is 0 Å². The van der Waals surface area contributed by atoms with Crippen molar-refractivity contribution < 1.29 is 0 Å². The first kappa shape index (κ1) is 12.6. The predicted molar refractivity (Wildman–Crippen MR) is 103 cm³/mol. The van der Waals surface area contributed by atoms with Crippen molar-refractivity contribution in [1.29, 1.82) is 0 Å². The van der Waals surface area contributed by atoms with E-state index in [-0.39, 0.29) is 0 Å². The quantitative estimate of drug-likeness (QED) is 0.219. The van der Waals surface area contributed by atoms with E-state index in [1.54, 1.807) is 0 Å². The van der Waals surface area contributed by atoms with E-state index in [1.165, 1.54) is 47.2 Å². The molecule has 0 saturated heterocycles. The van der Waals surface area contributed by atoms with Crippen LogP contribution in [-0.2, 0) is 0 Å². The van der Waals surface area contributed by atoms with Crippen LogP contribution in [0.2, 0.25) is 0 Å². The lowest BCUT2D eigenvalue weighted by Crippen LogP contribution is -1.68. The number of hydrogen-bond acceptors (Lipinski definition) is 4. The maximum absolute atomic E-state index is 3.66. The molecular formula is C14H4Br2S4. The second-order valence-corrected chi connectivity index (χ2v) is 11.3. The van der Waals surface area contributed by atoms with E-state index in [4.69, 9.17) is 0 Å². The summed E-state index contributed by atoms with van der Waals surface area (Å²) in [5.74, 6) is 0. The van der Waals surface area contributed by atoms with Gasteiger partial charge in [0, 0.05) is 25.6 Å². The van der Waals surface area contributed by atoms with E-state index in [1.807, 2.05) is 45.3 Å². The maximum Gasteiger partial charge on any atom is 0.0712 e. The van der Waals surface area contributed by atoms with Crippen LogP contribution in [0.4, 0.5) is 0 Å². The van der Waals surface area contributed by atoms with Crippen LogP contribution < -0.4 is 0 Å². The number of halogens is 2. The van der Waals surface area contributed by atoms with E-state index in [2.05, 4.69) is 55.4 Å². The Labute approximate surface area is 146 Å². The molecule has 0 fully saturated rings. The zero-order valence-corrected chi connectivity index (χ0v) is 16.1. The molecule has 1 aromatic carbocycles. The molecule has 0 nitrogen and oxygen atoms in total. The number of rotatable bonds is 0. The highest BCUT2D eigenvalue weighted by Gasteiger charge is 2.18. The lowest BCUT2D eigenvalue weighted by molar-refractivity contribution is 2.08. The smallest absolute Gasteiger partial charge is 0.0712 e. The van der Waals surface area contributed by atoms with Gasteiger partial charge in [-0.15, -0.1) is 45.3 Å². The molecule has 98 valence electrons. The van der Waals surface area contributed by atoms with Crippen molar-refractivity contribution >= 4 is 117 Å². The fourth-order valence-electron chi connectivity index (χ4n) is 2.67. The van der Waals surface area contributed by atoms with Crippen molar-refractivity contribution in [2.75, 3.05) is 0 Å². The Morgan fingerprint density at radius 3 is 2.25 bits per heavy atom. The van der Waals surface area contributed by atoms with Gasteiger partial charge in [-0.1, -0.05) is 0 Å². The summed E-state index contributed by atoms with van der Waals surface area (Å²) in [6.45, 7) is 0. The Balaban J connectivity index is 2.25. The van der Waals surface area contributed by atoms with Gasteiger partial charge in [-0.3, -0.25) is 0 Å². The molecule has 0 aliphatic rings. The van der Waals surface area contributed by atoms with Gasteiger partial charge in [0.2, 0.25) is 0 Å². The third-order valence-corrected chi connectivity index (χ3v) is 9.11. The van der Waals surface area contributed by atoms with Crippen LogP contribution in [0.1, 0.15) is 0 Å². The molecule has 0 N–H and O–H groups in total. The van der Waals surface area contributed by atoms with E-state index < -0.39 is 0 Å². The second-order valence-electron chi connectivity index (χ2n) is 4.51. The third-order valence-electron chi connectivity index (χ3n) is 3.42. The minimum atomic E-state index is 1.21. The van der Waals surface area contributed by atoms with Gasteiger partial charge in [0.15, 0.2) is 0 Å². The van der Waals surface area contributed by atoms with E-state index >= 15 is 0 Å². The largest absolute Gasteiger partial charge is 0.142 e. The van der Waals surface area contributed by atoms with Crippen molar-refractivity contribution in [3.8, 4) is 0 Å². The monoisotopic (exact) mass is 458 g/mol. The second kappa shape index (κ2) is 4.27. The summed E-state index contributed by atoms with van der Waals surface area (Å²) in [6.07, 6.45) is 0. The molecular weight excluding hydrogens is 456 g/mol. The van der Waals surface area contributed by atoms with Gasteiger partial charge in [-0.25, -0.2) is 0 Å². The van der Waals surface area contributed by atoms with E-state index in [0.29, 0.717) is 0 Å². The van der Waals surface area contributed by atoms with Gasteiger partial charge < -0.3 is 0 Å². The highest BCUT2D eigenvalue weighted by atomic mass is 79.9. The topological polar surface area (TPSA) is 0 Å².